The molecule has 0 unspecified atom stereocenters. The molecule has 5 heteroatoms. The number of hydrogen-bond donors (Lipinski definition) is 0. The lowest BCUT2D eigenvalue weighted by atomic mass is 10.00. The van der Waals surface area contributed by atoms with E-state index in [0.717, 1.165) is 11.3 Å². The van der Waals surface area contributed by atoms with Gasteiger partial charge in [-0.15, -0.1) is 0 Å². The summed E-state index contributed by atoms with van der Waals surface area (Å²) in [7, 11) is 4.88. The predicted octanol–water partition coefficient (Wildman–Crippen LogP) is 3.31. The zero-order valence-corrected chi connectivity index (χ0v) is 14.1. The third kappa shape index (κ3) is 3.46. The number of nitrogens with zero attached hydrogens (tertiary/aromatic N) is 2. The van der Waals surface area contributed by atoms with Gasteiger partial charge in [-0.1, -0.05) is 0 Å². The standard InChI is InChI=1S/C17H26N2O3/c1-12-7-6-8-13(2)19(12)18-11-14-9-16(21-4)17(22-5)10-15(14)20-3/h9-13H,6-8H2,1-5H3/b18-11-/t12-,13+. The monoisotopic (exact) mass is 306 g/mol. The Morgan fingerprint density at radius 2 is 1.50 bits per heavy atom. The van der Waals surface area contributed by atoms with E-state index < -0.39 is 0 Å². The molecular formula is C17H26N2O3. The second-order valence-corrected chi connectivity index (χ2v) is 5.70. The highest BCUT2D eigenvalue weighted by atomic mass is 16.5. The minimum Gasteiger partial charge on any atom is -0.496 e. The summed E-state index contributed by atoms with van der Waals surface area (Å²) in [4.78, 5) is 0. The molecule has 1 aromatic carbocycles. The Hall–Kier alpha value is -1.91. The second-order valence-electron chi connectivity index (χ2n) is 5.70. The molecule has 0 aromatic heterocycles. The van der Waals surface area contributed by atoms with Crippen molar-refractivity contribution >= 4 is 6.21 Å². The highest BCUT2D eigenvalue weighted by Gasteiger charge is 2.23. The molecule has 0 aliphatic carbocycles. The summed E-state index contributed by atoms with van der Waals surface area (Å²) in [6, 6.07) is 4.64. The number of rotatable bonds is 5. The van der Waals surface area contributed by atoms with Crippen molar-refractivity contribution in [2.24, 2.45) is 5.10 Å². The molecule has 0 amide bonds. The molecule has 0 radical (unpaired) electrons. The van der Waals surface area contributed by atoms with Gasteiger partial charge < -0.3 is 14.2 Å². The van der Waals surface area contributed by atoms with Gasteiger partial charge in [0.2, 0.25) is 0 Å². The van der Waals surface area contributed by atoms with Gasteiger partial charge in [0.05, 0.1) is 27.5 Å². The first-order valence-corrected chi connectivity index (χ1v) is 7.73. The highest BCUT2D eigenvalue weighted by molar-refractivity contribution is 5.85. The predicted molar refractivity (Wildman–Crippen MR) is 88.3 cm³/mol. The number of ether oxygens (including phenoxy) is 3. The van der Waals surface area contributed by atoms with E-state index in [1.165, 1.54) is 19.3 Å². The molecule has 2 rings (SSSR count). The Morgan fingerprint density at radius 3 is 2.05 bits per heavy atom. The van der Waals surface area contributed by atoms with Crippen molar-refractivity contribution in [1.29, 1.82) is 0 Å². The van der Waals surface area contributed by atoms with Crippen molar-refractivity contribution in [3.8, 4) is 17.2 Å². The molecule has 1 aliphatic heterocycles. The van der Waals surface area contributed by atoms with E-state index in [9.17, 15) is 0 Å². The van der Waals surface area contributed by atoms with Gasteiger partial charge in [0.25, 0.3) is 0 Å². The summed E-state index contributed by atoms with van der Waals surface area (Å²) in [5, 5.41) is 6.87. The normalized spacial score (nSPS) is 22.0. The fourth-order valence-electron chi connectivity index (χ4n) is 2.92. The lowest BCUT2D eigenvalue weighted by Crippen LogP contribution is -2.39. The summed E-state index contributed by atoms with van der Waals surface area (Å²) in [5.74, 6) is 2.04. The van der Waals surface area contributed by atoms with Crippen molar-refractivity contribution < 1.29 is 14.2 Å². The Bertz CT molecular complexity index is 521. The van der Waals surface area contributed by atoms with Crippen molar-refractivity contribution in [2.75, 3.05) is 21.3 Å². The van der Waals surface area contributed by atoms with E-state index in [-0.39, 0.29) is 0 Å². The minimum absolute atomic E-state index is 0.464. The Labute approximate surface area is 132 Å². The Morgan fingerprint density at radius 1 is 0.955 bits per heavy atom. The van der Waals surface area contributed by atoms with E-state index in [1.807, 2.05) is 18.3 Å². The molecule has 5 nitrogen and oxygen atoms in total. The largest absolute Gasteiger partial charge is 0.496 e. The van der Waals surface area contributed by atoms with E-state index in [1.54, 1.807) is 21.3 Å². The summed E-state index contributed by atoms with van der Waals surface area (Å²) in [6.07, 6.45) is 5.49. The number of hydrazone groups is 1. The third-order valence-corrected chi connectivity index (χ3v) is 4.21. The van der Waals surface area contributed by atoms with Gasteiger partial charge in [-0.2, -0.15) is 5.10 Å². The van der Waals surface area contributed by atoms with E-state index in [4.69, 9.17) is 14.2 Å². The van der Waals surface area contributed by atoms with Crippen LogP contribution in [0, 0.1) is 0 Å². The molecule has 0 spiro atoms. The van der Waals surface area contributed by atoms with E-state index >= 15 is 0 Å². The minimum atomic E-state index is 0.464. The number of piperidine rings is 1. The molecule has 22 heavy (non-hydrogen) atoms. The molecular weight excluding hydrogens is 280 g/mol. The zero-order valence-electron chi connectivity index (χ0n) is 14.1. The van der Waals surface area contributed by atoms with Crippen LogP contribution in [-0.2, 0) is 0 Å². The zero-order chi connectivity index (χ0) is 16.1. The van der Waals surface area contributed by atoms with E-state index in [2.05, 4.69) is 24.0 Å². The molecule has 122 valence electrons. The molecule has 2 atom stereocenters. The van der Waals surface area contributed by atoms with Crippen LogP contribution in [0.1, 0.15) is 38.7 Å². The van der Waals surface area contributed by atoms with Gasteiger partial charge in [0.1, 0.15) is 5.75 Å². The SMILES string of the molecule is COc1cc(OC)c(OC)cc1/C=N\N1[C@H](C)CCC[C@@H]1C. The molecule has 0 N–H and O–H groups in total. The van der Waals surface area contributed by atoms with Crippen molar-refractivity contribution in [1.82, 2.24) is 5.01 Å². The molecule has 1 heterocycles. The maximum atomic E-state index is 5.44. The van der Waals surface area contributed by atoms with Gasteiger partial charge >= 0.3 is 0 Å². The average molecular weight is 306 g/mol. The van der Waals surface area contributed by atoms with Crippen LogP contribution >= 0.6 is 0 Å². The lowest BCUT2D eigenvalue weighted by Gasteiger charge is -2.36. The fraction of sp³-hybridized carbons (Fsp3) is 0.588. The Balaban J connectivity index is 2.29. The number of methoxy groups -OCH3 is 3. The summed E-state index contributed by atoms with van der Waals surface area (Å²) in [6.45, 7) is 4.44. The molecule has 0 saturated carbocycles. The maximum absolute atomic E-state index is 5.44. The topological polar surface area (TPSA) is 43.3 Å². The molecule has 1 aromatic rings. The summed E-state index contributed by atoms with van der Waals surface area (Å²) >= 11 is 0. The van der Waals surface area contributed by atoms with Crippen molar-refractivity contribution in [2.45, 2.75) is 45.2 Å². The fourth-order valence-corrected chi connectivity index (χ4v) is 2.92. The quantitative estimate of drug-likeness (QED) is 0.783. The Kier molecular flexibility index (Phi) is 5.52. The summed E-state index contributed by atoms with van der Waals surface area (Å²) < 4.78 is 16.1. The molecule has 1 aliphatic rings. The average Bonchev–Trinajstić information content (AvgIpc) is 2.53. The van der Waals surface area contributed by atoms with Crippen LogP contribution in [0.15, 0.2) is 17.2 Å². The van der Waals surface area contributed by atoms with Crippen LogP contribution in [0.5, 0.6) is 17.2 Å². The number of hydrogen-bond acceptors (Lipinski definition) is 5. The van der Waals surface area contributed by atoms with Gasteiger partial charge in [-0.3, -0.25) is 5.01 Å². The molecule has 0 bridgehead atoms. The number of benzene rings is 1. The molecule has 1 fully saturated rings. The van der Waals surface area contributed by atoms with Crippen LogP contribution in [0.4, 0.5) is 0 Å². The van der Waals surface area contributed by atoms with Gasteiger partial charge in [0.15, 0.2) is 11.5 Å². The molecule has 1 saturated heterocycles. The van der Waals surface area contributed by atoms with Crippen molar-refractivity contribution in [3.05, 3.63) is 17.7 Å². The summed E-state index contributed by atoms with van der Waals surface area (Å²) in [5.41, 5.74) is 0.880. The van der Waals surface area contributed by atoms with Gasteiger partial charge in [-0.25, -0.2) is 0 Å². The smallest absolute Gasteiger partial charge is 0.164 e. The first-order chi connectivity index (χ1) is 10.6. The van der Waals surface area contributed by atoms with Crippen LogP contribution < -0.4 is 14.2 Å². The van der Waals surface area contributed by atoms with Crippen molar-refractivity contribution in [3.63, 3.8) is 0 Å². The van der Waals surface area contributed by atoms with Gasteiger partial charge in [0, 0.05) is 23.7 Å². The van der Waals surface area contributed by atoms with Crippen LogP contribution in [0.2, 0.25) is 0 Å². The maximum Gasteiger partial charge on any atom is 0.164 e. The second kappa shape index (κ2) is 7.38. The van der Waals surface area contributed by atoms with Crippen LogP contribution in [0.3, 0.4) is 0 Å². The first kappa shape index (κ1) is 16.5. The van der Waals surface area contributed by atoms with Crippen LogP contribution in [-0.4, -0.2) is 44.6 Å². The van der Waals surface area contributed by atoms with Gasteiger partial charge in [-0.05, 0) is 39.2 Å². The highest BCUT2D eigenvalue weighted by Crippen LogP contribution is 2.34. The first-order valence-electron chi connectivity index (χ1n) is 7.73. The van der Waals surface area contributed by atoms with Crippen LogP contribution in [0.25, 0.3) is 0 Å². The lowest BCUT2D eigenvalue weighted by molar-refractivity contribution is 0.109. The third-order valence-electron chi connectivity index (χ3n) is 4.21. The van der Waals surface area contributed by atoms with E-state index in [0.29, 0.717) is 23.6 Å².